The number of nitrogens with zero attached hydrogens (tertiary/aromatic N) is 2. The number of halogens is 1. The van der Waals surface area contributed by atoms with Crippen LogP contribution in [0.3, 0.4) is 0 Å². The number of carbonyl (C=O) groups is 1. The minimum absolute atomic E-state index is 0.387. The maximum Gasteiger partial charge on any atom is 0.335 e. The standard InChI is InChI=1S/C27H27ClN2O2/c28-24-9-5-19(6-10-24)15-20-3-1-2-4-23(20)17-29-13-14-30-25(18-29)11-7-21-16-22(27(31)32)8-12-26(21)30/h1-6,8-10,12,16,25H,7,11,13-15,17-18H2,(H,31,32)/t25-/m0/s1. The van der Waals surface area contributed by atoms with E-state index in [0.29, 0.717) is 11.6 Å². The Hall–Kier alpha value is -2.82. The van der Waals surface area contributed by atoms with Crippen LogP contribution in [0.2, 0.25) is 5.02 Å². The van der Waals surface area contributed by atoms with E-state index in [1.807, 2.05) is 24.3 Å². The van der Waals surface area contributed by atoms with Gasteiger partial charge in [0.2, 0.25) is 0 Å². The van der Waals surface area contributed by atoms with Crippen molar-refractivity contribution in [3.05, 3.63) is 99.6 Å². The molecular weight excluding hydrogens is 420 g/mol. The molecule has 0 radical (unpaired) electrons. The van der Waals surface area contributed by atoms with Gasteiger partial charge in [0.1, 0.15) is 0 Å². The Kier molecular flexibility index (Phi) is 5.90. The molecule has 1 N–H and O–H groups in total. The molecule has 3 aromatic rings. The van der Waals surface area contributed by atoms with E-state index in [1.165, 1.54) is 27.9 Å². The zero-order valence-corrected chi connectivity index (χ0v) is 18.8. The molecule has 0 aromatic heterocycles. The predicted molar refractivity (Wildman–Crippen MR) is 129 cm³/mol. The zero-order valence-electron chi connectivity index (χ0n) is 18.0. The number of carboxylic acids is 1. The number of anilines is 1. The van der Waals surface area contributed by atoms with Crippen molar-refractivity contribution in [2.24, 2.45) is 0 Å². The summed E-state index contributed by atoms with van der Waals surface area (Å²) in [5, 5.41) is 10.1. The van der Waals surface area contributed by atoms with E-state index in [1.54, 1.807) is 6.07 Å². The summed E-state index contributed by atoms with van der Waals surface area (Å²) in [6.45, 7) is 3.98. The van der Waals surface area contributed by atoms with E-state index in [2.05, 4.69) is 46.2 Å². The van der Waals surface area contributed by atoms with Crippen LogP contribution in [0.25, 0.3) is 0 Å². The molecular formula is C27H27ClN2O2. The van der Waals surface area contributed by atoms with Crippen molar-refractivity contribution in [1.82, 2.24) is 4.90 Å². The largest absolute Gasteiger partial charge is 0.478 e. The molecule has 164 valence electrons. The molecule has 2 aliphatic rings. The van der Waals surface area contributed by atoms with Gasteiger partial charge in [-0.15, -0.1) is 0 Å². The first-order valence-electron chi connectivity index (χ1n) is 11.2. The van der Waals surface area contributed by atoms with Gasteiger partial charge in [-0.1, -0.05) is 48.0 Å². The second-order valence-electron chi connectivity index (χ2n) is 8.84. The third kappa shape index (κ3) is 4.38. The number of carboxylic acid groups (broad SMARTS) is 1. The molecule has 5 heteroatoms. The summed E-state index contributed by atoms with van der Waals surface area (Å²) < 4.78 is 0. The maximum absolute atomic E-state index is 11.3. The van der Waals surface area contributed by atoms with E-state index in [9.17, 15) is 9.90 Å². The van der Waals surface area contributed by atoms with Crippen molar-refractivity contribution in [1.29, 1.82) is 0 Å². The van der Waals surface area contributed by atoms with Crippen LogP contribution in [0, 0.1) is 0 Å². The quantitative estimate of drug-likeness (QED) is 0.580. The lowest BCUT2D eigenvalue weighted by Gasteiger charge is -2.46. The van der Waals surface area contributed by atoms with E-state index >= 15 is 0 Å². The van der Waals surface area contributed by atoms with E-state index in [-0.39, 0.29) is 0 Å². The molecule has 5 rings (SSSR count). The molecule has 2 aliphatic heterocycles. The lowest BCUT2D eigenvalue weighted by atomic mass is 9.92. The second kappa shape index (κ2) is 8.97. The highest BCUT2D eigenvalue weighted by Gasteiger charge is 2.32. The van der Waals surface area contributed by atoms with Crippen molar-refractivity contribution >= 4 is 23.3 Å². The summed E-state index contributed by atoms with van der Waals surface area (Å²) in [4.78, 5) is 16.4. The fourth-order valence-electron chi connectivity index (χ4n) is 5.10. The summed E-state index contributed by atoms with van der Waals surface area (Å²) >= 11 is 6.05. The minimum atomic E-state index is -0.850. The molecule has 1 saturated heterocycles. The minimum Gasteiger partial charge on any atom is -0.478 e. The number of fused-ring (bicyclic) bond motifs is 3. The topological polar surface area (TPSA) is 43.8 Å². The van der Waals surface area contributed by atoms with Gasteiger partial charge in [0.15, 0.2) is 0 Å². The molecule has 3 aromatic carbocycles. The first kappa shape index (κ1) is 21.0. The Labute approximate surface area is 194 Å². The summed E-state index contributed by atoms with van der Waals surface area (Å²) in [6.07, 6.45) is 2.92. The lowest BCUT2D eigenvalue weighted by molar-refractivity contribution is 0.0696. The van der Waals surface area contributed by atoms with Crippen LogP contribution < -0.4 is 4.90 Å². The molecule has 4 nitrogen and oxygen atoms in total. The van der Waals surface area contributed by atoms with E-state index < -0.39 is 5.97 Å². The average Bonchev–Trinajstić information content (AvgIpc) is 2.81. The van der Waals surface area contributed by atoms with Gasteiger partial charge in [0.25, 0.3) is 0 Å². The van der Waals surface area contributed by atoms with Gasteiger partial charge >= 0.3 is 5.97 Å². The number of rotatable bonds is 5. The van der Waals surface area contributed by atoms with E-state index in [0.717, 1.165) is 50.5 Å². The normalized spacial score (nSPS) is 18.2. The second-order valence-corrected chi connectivity index (χ2v) is 9.28. The van der Waals surface area contributed by atoms with Crippen LogP contribution in [0.1, 0.15) is 39.0 Å². The van der Waals surface area contributed by atoms with Crippen molar-refractivity contribution in [3.8, 4) is 0 Å². The molecule has 0 unspecified atom stereocenters. The average molecular weight is 447 g/mol. The van der Waals surface area contributed by atoms with Crippen molar-refractivity contribution < 1.29 is 9.90 Å². The molecule has 0 bridgehead atoms. The van der Waals surface area contributed by atoms with Crippen LogP contribution in [-0.4, -0.2) is 41.7 Å². The SMILES string of the molecule is O=C(O)c1ccc2c(c1)CC[C@H]1CN(Cc3ccccc3Cc3ccc(Cl)cc3)CCN21. The van der Waals surface area contributed by atoms with Gasteiger partial charge in [-0.05, 0) is 71.8 Å². The summed E-state index contributed by atoms with van der Waals surface area (Å²) in [5.74, 6) is -0.850. The molecule has 0 aliphatic carbocycles. The number of piperazine rings is 1. The Morgan fingerprint density at radius 2 is 1.78 bits per heavy atom. The number of aromatic carboxylic acids is 1. The molecule has 1 atom stereocenters. The number of benzene rings is 3. The van der Waals surface area contributed by atoms with Gasteiger partial charge in [0.05, 0.1) is 5.56 Å². The summed E-state index contributed by atoms with van der Waals surface area (Å²) in [7, 11) is 0. The molecule has 2 heterocycles. The van der Waals surface area contributed by atoms with Crippen LogP contribution in [0.5, 0.6) is 0 Å². The monoisotopic (exact) mass is 446 g/mol. The summed E-state index contributed by atoms with van der Waals surface area (Å²) in [5.41, 5.74) is 6.80. The highest BCUT2D eigenvalue weighted by Crippen LogP contribution is 2.34. The molecule has 0 spiro atoms. The smallest absolute Gasteiger partial charge is 0.335 e. The number of hydrogen-bond acceptors (Lipinski definition) is 3. The number of hydrogen-bond donors (Lipinski definition) is 1. The molecule has 0 amide bonds. The first-order valence-corrected chi connectivity index (χ1v) is 11.6. The Bertz CT molecular complexity index is 1130. The van der Waals surface area contributed by atoms with Gasteiger partial charge in [0, 0.05) is 42.9 Å². The maximum atomic E-state index is 11.3. The molecule has 32 heavy (non-hydrogen) atoms. The highest BCUT2D eigenvalue weighted by molar-refractivity contribution is 6.30. The van der Waals surface area contributed by atoms with Crippen LogP contribution in [0.15, 0.2) is 66.7 Å². The fraction of sp³-hybridized carbons (Fsp3) is 0.296. The highest BCUT2D eigenvalue weighted by atomic mass is 35.5. The van der Waals surface area contributed by atoms with Gasteiger partial charge in [-0.25, -0.2) is 4.79 Å². The molecule has 1 fully saturated rings. The van der Waals surface area contributed by atoms with Crippen LogP contribution >= 0.6 is 11.6 Å². The van der Waals surface area contributed by atoms with Crippen molar-refractivity contribution in [2.75, 3.05) is 24.5 Å². The third-order valence-corrected chi connectivity index (χ3v) is 7.02. The van der Waals surface area contributed by atoms with Gasteiger partial charge in [-0.2, -0.15) is 0 Å². The Morgan fingerprint density at radius 1 is 1.00 bits per heavy atom. The Balaban J connectivity index is 1.28. The lowest BCUT2D eigenvalue weighted by Crippen LogP contribution is -2.54. The molecule has 0 saturated carbocycles. The fourth-order valence-corrected chi connectivity index (χ4v) is 5.22. The van der Waals surface area contributed by atoms with Gasteiger partial charge < -0.3 is 10.0 Å². The number of aryl methyl sites for hydroxylation is 1. The van der Waals surface area contributed by atoms with E-state index in [4.69, 9.17) is 11.6 Å². The third-order valence-electron chi connectivity index (χ3n) is 6.77. The van der Waals surface area contributed by atoms with Crippen LogP contribution in [-0.2, 0) is 19.4 Å². The van der Waals surface area contributed by atoms with Crippen LogP contribution in [0.4, 0.5) is 5.69 Å². The predicted octanol–water partition coefficient (Wildman–Crippen LogP) is 5.27. The zero-order chi connectivity index (χ0) is 22.1. The Morgan fingerprint density at radius 3 is 2.56 bits per heavy atom. The van der Waals surface area contributed by atoms with Crippen molar-refractivity contribution in [2.45, 2.75) is 31.8 Å². The van der Waals surface area contributed by atoms with Crippen molar-refractivity contribution in [3.63, 3.8) is 0 Å². The summed E-state index contributed by atoms with van der Waals surface area (Å²) in [6, 6.07) is 22.9. The first-order chi connectivity index (χ1) is 15.6. The van der Waals surface area contributed by atoms with Gasteiger partial charge in [-0.3, -0.25) is 4.90 Å².